The van der Waals surface area contributed by atoms with Gasteiger partial charge in [-0.2, -0.15) is 0 Å². The number of hydrogen-bond acceptors (Lipinski definition) is 6. The number of nitrogens with one attached hydrogen (secondary N) is 1. The smallest absolute Gasteiger partial charge is 0.339 e. The minimum Gasteiger partial charge on any atom is -0.496 e. The second-order valence-electron chi connectivity index (χ2n) is 4.98. The maximum absolute atomic E-state index is 11.2. The third-order valence-electron chi connectivity index (χ3n) is 3.02. The van der Waals surface area contributed by atoms with E-state index in [1.807, 2.05) is 0 Å². The molecular formula is C16H17AsClNO8. The molecule has 2 rings (SSSR count). The number of halogens is 1. The molecule has 0 saturated heterocycles. The molecule has 1 atom stereocenters. The molecular weight excluding hydrogens is 445 g/mol. The number of rotatable bonds is 5. The molecule has 1 unspecified atom stereocenters. The maximum atomic E-state index is 11.2. The predicted molar refractivity (Wildman–Crippen MR) is 97.7 cm³/mol. The van der Waals surface area contributed by atoms with Gasteiger partial charge >= 0.3 is 94.4 Å². The molecule has 9 nitrogen and oxygen atoms in total. The van der Waals surface area contributed by atoms with Gasteiger partial charge in [0.2, 0.25) is 0 Å². The van der Waals surface area contributed by atoms with Gasteiger partial charge in [0.15, 0.2) is 0 Å². The van der Waals surface area contributed by atoms with Gasteiger partial charge in [-0.3, -0.25) is 0 Å². The first-order chi connectivity index (χ1) is 12.6. The van der Waals surface area contributed by atoms with Crippen LogP contribution >= 0.6 is 11.6 Å². The van der Waals surface area contributed by atoms with Crippen LogP contribution < -0.4 is 14.4 Å². The summed E-state index contributed by atoms with van der Waals surface area (Å²) in [5, 5.41) is 19.8. The van der Waals surface area contributed by atoms with Crippen LogP contribution in [0.2, 0.25) is 5.02 Å². The van der Waals surface area contributed by atoms with Crippen molar-refractivity contribution in [1.29, 1.82) is 0 Å². The second kappa shape index (κ2) is 10.1. The molecule has 0 aliphatic carbocycles. The molecule has 0 saturated carbocycles. The Morgan fingerprint density at radius 3 is 2.19 bits per heavy atom. The zero-order valence-corrected chi connectivity index (χ0v) is 16.9. The van der Waals surface area contributed by atoms with Crippen molar-refractivity contribution >= 4 is 47.7 Å². The van der Waals surface area contributed by atoms with E-state index in [-0.39, 0.29) is 15.8 Å². The topological polar surface area (TPSA) is 142 Å². The van der Waals surface area contributed by atoms with Crippen molar-refractivity contribution in [3.05, 3.63) is 53.1 Å². The zero-order valence-electron chi connectivity index (χ0n) is 14.2. The Hall–Kier alpha value is -2.29. The molecule has 0 bridgehead atoms. The van der Waals surface area contributed by atoms with Crippen molar-refractivity contribution in [2.75, 3.05) is 12.4 Å². The molecule has 146 valence electrons. The van der Waals surface area contributed by atoms with Gasteiger partial charge in [0.1, 0.15) is 11.3 Å². The second-order valence-corrected chi connectivity index (χ2v) is 9.03. The van der Waals surface area contributed by atoms with Gasteiger partial charge in [-0.1, -0.05) is 11.6 Å². The summed E-state index contributed by atoms with van der Waals surface area (Å²) in [5.41, 5.74) is 0.574. The predicted octanol–water partition coefficient (Wildman–Crippen LogP) is 1.75. The molecule has 0 spiro atoms. The van der Waals surface area contributed by atoms with Crippen LogP contribution in [0.1, 0.15) is 17.3 Å². The van der Waals surface area contributed by atoms with Gasteiger partial charge in [-0.25, -0.2) is 4.79 Å². The van der Waals surface area contributed by atoms with Gasteiger partial charge in [0, 0.05) is 5.02 Å². The number of anilines is 1. The van der Waals surface area contributed by atoms with Gasteiger partial charge in [-0.05, 0) is 18.2 Å². The van der Waals surface area contributed by atoms with Crippen LogP contribution in [0.25, 0.3) is 0 Å². The average Bonchev–Trinajstić information content (AvgIpc) is 2.62. The summed E-state index contributed by atoms with van der Waals surface area (Å²) >= 11 is 0.835. The molecule has 27 heavy (non-hydrogen) atoms. The number of aromatic carboxylic acids is 1. The van der Waals surface area contributed by atoms with Crippen LogP contribution in [-0.4, -0.2) is 47.6 Å². The number of benzene rings is 2. The van der Waals surface area contributed by atoms with E-state index in [0.717, 1.165) is 0 Å². The van der Waals surface area contributed by atoms with Crippen LogP contribution in [-0.2, 0) is 12.4 Å². The van der Waals surface area contributed by atoms with Gasteiger partial charge in [-0.15, -0.1) is 0 Å². The van der Waals surface area contributed by atoms with E-state index in [1.54, 1.807) is 6.07 Å². The number of carboxylic acid groups (broad SMARTS) is 1. The Morgan fingerprint density at radius 2 is 1.74 bits per heavy atom. The Kier molecular flexibility index (Phi) is 8.55. The summed E-state index contributed by atoms with van der Waals surface area (Å²) in [7, 11) is 1.41. The van der Waals surface area contributed by atoms with E-state index in [4.69, 9.17) is 30.8 Å². The Morgan fingerprint density at radius 1 is 1.15 bits per heavy atom. The van der Waals surface area contributed by atoms with E-state index >= 15 is 0 Å². The molecule has 1 amide bonds. The van der Waals surface area contributed by atoms with Crippen molar-refractivity contribution < 1.29 is 36.4 Å². The minimum atomic E-state index is -4.76. The first kappa shape index (κ1) is 22.7. The normalized spacial score (nSPS) is 12.2. The van der Waals surface area contributed by atoms with Gasteiger partial charge in [0.05, 0.1) is 7.11 Å². The number of ether oxygens (including phenoxy) is 1. The SMILES string of the molecule is CC(=O)Nc1ccc([As](=O)(O)OO)cc1.COc1ccc(Cl)cc1C(=O)O. The summed E-state index contributed by atoms with van der Waals surface area (Å²) in [6, 6.07) is 9.95. The van der Waals surface area contributed by atoms with Crippen molar-refractivity contribution in [3.8, 4) is 5.75 Å². The Balaban J connectivity index is 0.000000277. The summed E-state index contributed by atoms with van der Waals surface area (Å²) in [4.78, 5) is 21.3. The Bertz CT molecular complexity index is 856. The number of methoxy groups -OCH3 is 1. The van der Waals surface area contributed by atoms with Crippen LogP contribution in [0.3, 0.4) is 0 Å². The van der Waals surface area contributed by atoms with E-state index < -0.39 is 20.1 Å². The maximum Gasteiger partial charge on any atom is 0.339 e. The summed E-state index contributed by atoms with van der Waals surface area (Å²) in [6.45, 7) is 1.35. The number of carbonyl (C=O) groups is 2. The number of amides is 1. The number of carboxylic acids is 1. The largest absolute Gasteiger partial charge is 0.496 e. The van der Waals surface area contributed by atoms with Crippen molar-refractivity contribution in [2.24, 2.45) is 0 Å². The fraction of sp³-hybridized carbons (Fsp3) is 0.125. The van der Waals surface area contributed by atoms with Crippen LogP contribution in [0, 0.1) is 0 Å². The monoisotopic (exact) mass is 461 g/mol. The van der Waals surface area contributed by atoms with Crippen molar-refractivity contribution in [2.45, 2.75) is 6.92 Å². The van der Waals surface area contributed by atoms with Crippen LogP contribution in [0.15, 0.2) is 42.5 Å². The first-order valence-corrected chi connectivity index (χ1v) is 10.9. The molecule has 0 heterocycles. The van der Waals surface area contributed by atoms with Crippen molar-refractivity contribution in [3.63, 3.8) is 0 Å². The summed E-state index contributed by atoms with van der Waals surface area (Å²) in [6.07, 6.45) is 0. The summed E-state index contributed by atoms with van der Waals surface area (Å²) < 4.78 is 28.7. The van der Waals surface area contributed by atoms with Crippen molar-refractivity contribution in [1.82, 2.24) is 0 Å². The third-order valence-corrected chi connectivity index (χ3v) is 5.71. The molecule has 0 aromatic heterocycles. The first-order valence-electron chi connectivity index (χ1n) is 7.21. The van der Waals surface area contributed by atoms with E-state index in [2.05, 4.69) is 9.19 Å². The summed E-state index contributed by atoms with van der Waals surface area (Å²) in [5.74, 6) is -0.972. The van der Waals surface area contributed by atoms with E-state index in [9.17, 15) is 13.3 Å². The fourth-order valence-electron chi connectivity index (χ4n) is 1.83. The third kappa shape index (κ3) is 7.09. The van der Waals surface area contributed by atoms with Crippen LogP contribution in [0.5, 0.6) is 5.75 Å². The average molecular weight is 462 g/mol. The minimum absolute atomic E-state index is 0.00438. The molecule has 2 aromatic carbocycles. The Labute approximate surface area is 162 Å². The van der Waals surface area contributed by atoms with E-state index in [1.165, 1.54) is 50.4 Å². The van der Waals surface area contributed by atoms with Gasteiger partial charge in [0.25, 0.3) is 0 Å². The molecule has 0 fully saturated rings. The zero-order chi connectivity index (χ0) is 20.6. The fourth-order valence-corrected chi connectivity index (χ4v) is 3.30. The molecule has 4 N–H and O–H groups in total. The molecule has 0 aliphatic heterocycles. The number of carbonyl (C=O) groups excluding carboxylic acids is 1. The molecule has 0 radical (unpaired) electrons. The number of hydrogen-bond donors (Lipinski definition) is 4. The molecule has 2 aromatic rings. The van der Waals surface area contributed by atoms with Crippen LogP contribution in [0.4, 0.5) is 5.69 Å². The molecule has 0 aliphatic rings. The standard InChI is InChI=1S/C8H10AsNO5.C8H7ClO3/c1-6(11)10-8-4-2-7(3-5-8)9(12,13)15-14;1-12-7-3-2-5(9)4-6(7)8(10)11/h2-5,14H,1H3,(H,10,11)(H,12,13);2-4H,1H3,(H,10,11). The quantitative estimate of drug-likeness (QED) is 0.300. The van der Waals surface area contributed by atoms with E-state index in [0.29, 0.717) is 16.5 Å². The van der Waals surface area contributed by atoms with Gasteiger partial charge < -0.3 is 9.84 Å². The molecule has 11 heteroatoms.